The standard InChI is InChI=1S/C15H22FNO3/c1-10(2)6-7-17-15(19)9-20-14-8-12(16)4-5-13(14)11(3)18/h4-5,8,10-11,18H,6-7,9H2,1-3H3,(H,17,19)/t11-/m0/s1. The van der Waals surface area contributed by atoms with E-state index in [-0.39, 0.29) is 18.3 Å². The zero-order valence-corrected chi connectivity index (χ0v) is 12.1. The molecule has 1 aromatic rings. The number of hydrogen-bond acceptors (Lipinski definition) is 3. The van der Waals surface area contributed by atoms with E-state index in [1.165, 1.54) is 18.2 Å². The number of benzene rings is 1. The Kier molecular flexibility index (Phi) is 6.45. The summed E-state index contributed by atoms with van der Waals surface area (Å²) in [7, 11) is 0. The lowest BCUT2D eigenvalue weighted by Crippen LogP contribution is -2.30. The fourth-order valence-electron chi connectivity index (χ4n) is 1.67. The Morgan fingerprint density at radius 2 is 2.10 bits per heavy atom. The summed E-state index contributed by atoms with van der Waals surface area (Å²) in [6.07, 6.45) is 0.111. The van der Waals surface area contributed by atoms with Crippen molar-refractivity contribution in [2.45, 2.75) is 33.3 Å². The molecule has 20 heavy (non-hydrogen) atoms. The van der Waals surface area contributed by atoms with E-state index in [0.29, 0.717) is 18.0 Å². The largest absolute Gasteiger partial charge is 0.483 e. The van der Waals surface area contributed by atoms with Gasteiger partial charge < -0.3 is 15.2 Å². The second kappa shape index (κ2) is 7.85. The minimum atomic E-state index is -0.783. The maximum absolute atomic E-state index is 13.2. The zero-order valence-electron chi connectivity index (χ0n) is 12.1. The van der Waals surface area contributed by atoms with Gasteiger partial charge in [-0.2, -0.15) is 0 Å². The van der Waals surface area contributed by atoms with Crippen molar-refractivity contribution < 1.29 is 19.0 Å². The van der Waals surface area contributed by atoms with E-state index in [9.17, 15) is 14.3 Å². The molecule has 0 saturated heterocycles. The van der Waals surface area contributed by atoms with Crippen LogP contribution < -0.4 is 10.1 Å². The summed E-state index contributed by atoms with van der Waals surface area (Å²) < 4.78 is 18.5. The van der Waals surface area contributed by atoms with E-state index in [1.54, 1.807) is 6.92 Å². The molecule has 2 N–H and O–H groups in total. The molecule has 0 radical (unpaired) electrons. The summed E-state index contributed by atoms with van der Waals surface area (Å²) in [5, 5.41) is 12.3. The molecule has 0 aliphatic heterocycles. The summed E-state index contributed by atoms with van der Waals surface area (Å²) in [6, 6.07) is 3.87. The maximum Gasteiger partial charge on any atom is 0.257 e. The second-order valence-electron chi connectivity index (χ2n) is 5.18. The lowest BCUT2D eigenvalue weighted by atomic mass is 10.1. The highest BCUT2D eigenvalue weighted by Crippen LogP contribution is 2.25. The molecule has 112 valence electrons. The third-order valence-corrected chi connectivity index (χ3v) is 2.83. The fourth-order valence-corrected chi connectivity index (χ4v) is 1.67. The molecule has 0 unspecified atom stereocenters. The number of carbonyl (C=O) groups is 1. The number of aliphatic hydroxyl groups excluding tert-OH is 1. The Balaban J connectivity index is 2.52. The monoisotopic (exact) mass is 283 g/mol. The van der Waals surface area contributed by atoms with Crippen LogP contribution in [0.2, 0.25) is 0 Å². The predicted octanol–water partition coefficient (Wildman–Crippen LogP) is 2.42. The van der Waals surface area contributed by atoms with E-state index in [4.69, 9.17) is 4.74 Å². The maximum atomic E-state index is 13.2. The number of carbonyl (C=O) groups excluding carboxylic acids is 1. The van der Waals surface area contributed by atoms with Gasteiger partial charge in [-0.1, -0.05) is 13.8 Å². The van der Waals surface area contributed by atoms with Gasteiger partial charge in [0, 0.05) is 18.2 Å². The van der Waals surface area contributed by atoms with E-state index >= 15 is 0 Å². The summed E-state index contributed by atoms with van der Waals surface area (Å²) in [6.45, 7) is 6.10. The van der Waals surface area contributed by atoms with Gasteiger partial charge in [-0.05, 0) is 31.4 Å². The highest BCUT2D eigenvalue weighted by Gasteiger charge is 2.12. The summed E-state index contributed by atoms with van der Waals surface area (Å²) in [5.41, 5.74) is 0.460. The molecule has 5 heteroatoms. The predicted molar refractivity (Wildman–Crippen MR) is 75.0 cm³/mol. The minimum Gasteiger partial charge on any atom is -0.483 e. The second-order valence-corrected chi connectivity index (χ2v) is 5.18. The first-order valence-corrected chi connectivity index (χ1v) is 6.77. The summed E-state index contributed by atoms with van der Waals surface area (Å²) >= 11 is 0. The first kappa shape index (κ1) is 16.4. The Hall–Kier alpha value is -1.62. The molecule has 0 fully saturated rings. The van der Waals surface area contributed by atoms with Gasteiger partial charge in [0.25, 0.3) is 5.91 Å². The van der Waals surface area contributed by atoms with Crippen LogP contribution in [0.25, 0.3) is 0 Å². The first-order chi connectivity index (χ1) is 9.40. The average Bonchev–Trinajstić information content (AvgIpc) is 2.35. The molecular weight excluding hydrogens is 261 g/mol. The van der Waals surface area contributed by atoms with Crippen LogP contribution >= 0.6 is 0 Å². The van der Waals surface area contributed by atoms with Gasteiger partial charge in [-0.15, -0.1) is 0 Å². The van der Waals surface area contributed by atoms with Crippen molar-refractivity contribution in [3.63, 3.8) is 0 Å². The Labute approximate surface area is 119 Å². The molecule has 0 aliphatic rings. The third kappa shape index (κ3) is 5.57. The van der Waals surface area contributed by atoms with Crippen LogP contribution in [0, 0.1) is 11.7 Å². The molecule has 0 saturated carbocycles. The SMILES string of the molecule is CC(C)CCNC(=O)COc1cc(F)ccc1[C@H](C)O. The van der Waals surface area contributed by atoms with Gasteiger partial charge in [-0.25, -0.2) is 4.39 Å². The molecule has 4 nitrogen and oxygen atoms in total. The van der Waals surface area contributed by atoms with Crippen molar-refractivity contribution in [1.29, 1.82) is 0 Å². The van der Waals surface area contributed by atoms with E-state index in [1.807, 2.05) is 0 Å². The van der Waals surface area contributed by atoms with Gasteiger partial charge in [0.1, 0.15) is 11.6 Å². The van der Waals surface area contributed by atoms with Crippen molar-refractivity contribution in [2.24, 2.45) is 5.92 Å². The van der Waals surface area contributed by atoms with Gasteiger partial charge in [0.2, 0.25) is 0 Å². The number of aliphatic hydroxyl groups is 1. The van der Waals surface area contributed by atoms with E-state index in [2.05, 4.69) is 19.2 Å². The normalized spacial score (nSPS) is 12.3. The Morgan fingerprint density at radius 1 is 1.40 bits per heavy atom. The first-order valence-electron chi connectivity index (χ1n) is 6.77. The number of hydrogen-bond donors (Lipinski definition) is 2. The van der Waals surface area contributed by atoms with Crippen LogP contribution in [0.4, 0.5) is 4.39 Å². The molecular formula is C15H22FNO3. The average molecular weight is 283 g/mol. The molecule has 1 aromatic carbocycles. The van der Waals surface area contributed by atoms with Gasteiger partial charge in [-0.3, -0.25) is 4.79 Å². The van der Waals surface area contributed by atoms with Crippen molar-refractivity contribution in [3.05, 3.63) is 29.6 Å². The topological polar surface area (TPSA) is 58.6 Å². The van der Waals surface area contributed by atoms with Gasteiger partial charge >= 0.3 is 0 Å². The minimum absolute atomic E-state index is 0.193. The molecule has 0 bridgehead atoms. The number of rotatable bonds is 7. The number of ether oxygens (including phenoxy) is 1. The van der Waals surface area contributed by atoms with Crippen LogP contribution in [0.15, 0.2) is 18.2 Å². The number of halogens is 1. The van der Waals surface area contributed by atoms with Crippen molar-refractivity contribution in [3.8, 4) is 5.75 Å². The number of nitrogens with one attached hydrogen (secondary N) is 1. The van der Waals surface area contributed by atoms with Gasteiger partial charge in [0.05, 0.1) is 6.10 Å². The fraction of sp³-hybridized carbons (Fsp3) is 0.533. The van der Waals surface area contributed by atoms with Gasteiger partial charge in [0.15, 0.2) is 6.61 Å². The van der Waals surface area contributed by atoms with Crippen LogP contribution in [0.5, 0.6) is 5.75 Å². The molecule has 0 heterocycles. The van der Waals surface area contributed by atoms with Crippen LogP contribution in [-0.4, -0.2) is 24.2 Å². The molecule has 0 spiro atoms. The Morgan fingerprint density at radius 3 is 2.70 bits per heavy atom. The highest BCUT2D eigenvalue weighted by molar-refractivity contribution is 5.77. The zero-order chi connectivity index (χ0) is 15.1. The molecule has 1 rings (SSSR count). The van der Waals surface area contributed by atoms with E-state index in [0.717, 1.165) is 6.42 Å². The molecule has 0 aliphatic carbocycles. The van der Waals surface area contributed by atoms with Crippen molar-refractivity contribution >= 4 is 5.91 Å². The quantitative estimate of drug-likeness (QED) is 0.808. The van der Waals surface area contributed by atoms with Crippen LogP contribution in [0.3, 0.4) is 0 Å². The smallest absolute Gasteiger partial charge is 0.257 e. The highest BCUT2D eigenvalue weighted by atomic mass is 19.1. The third-order valence-electron chi connectivity index (χ3n) is 2.83. The molecule has 0 aromatic heterocycles. The van der Waals surface area contributed by atoms with Crippen molar-refractivity contribution in [2.75, 3.05) is 13.2 Å². The summed E-state index contributed by atoms with van der Waals surface area (Å²) in [4.78, 5) is 11.6. The lowest BCUT2D eigenvalue weighted by Gasteiger charge is -2.13. The molecule has 1 atom stereocenters. The summed E-state index contributed by atoms with van der Waals surface area (Å²) in [5.74, 6) is -0.0173. The molecule has 1 amide bonds. The van der Waals surface area contributed by atoms with E-state index < -0.39 is 11.9 Å². The Bertz CT molecular complexity index is 447. The van der Waals surface area contributed by atoms with Crippen LogP contribution in [0.1, 0.15) is 38.9 Å². The van der Waals surface area contributed by atoms with Crippen LogP contribution in [-0.2, 0) is 4.79 Å². The lowest BCUT2D eigenvalue weighted by molar-refractivity contribution is -0.123. The number of amides is 1. The van der Waals surface area contributed by atoms with Crippen molar-refractivity contribution in [1.82, 2.24) is 5.32 Å².